The van der Waals surface area contributed by atoms with Gasteiger partial charge in [0.05, 0.1) is 16.8 Å². The molecule has 2 rings (SSSR count). The number of aromatic nitrogens is 2. The smallest absolute Gasteiger partial charge is 0.416 e. The Balaban J connectivity index is 2.26. The van der Waals surface area contributed by atoms with Gasteiger partial charge in [-0.2, -0.15) is 13.2 Å². The van der Waals surface area contributed by atoms with Gasteiger partial charge in [-0.1, -0.05) is 0 Å². The molecule has 0 atom stereocenters. The molecule has 0 amide bonds. The van der Waals surface area contributed by atoms with Crippen molar-refractivity contribution in [2.24, 2.45) is 0 Å². The highest BCUT2D eigenvalue weighted by Crippen LogP contribution is 2.36. The van der Waals surface area contributed by atoms with Gasteiger partial charge in [0, 0.05) is 18.5 Å². The zero-order chi connectivity index (χ0) is 14.8. The van der Waals surface area contributed by atoms with E-state index in [1.54, 1.807) is 6.20 Å². The van der Waals surface area contributed by atoms with Crippen LogP contribution in [0, 0.1) is 10.1 Å². The Bertz CT molecular complexity index is 611. The summed E-state index contributed by atoms with van der Waals surface area (Å²) in [7, 11) is 0. The fourth-order valence-corrected chi connectivity index (χ4v) is 1.47. The Morgan fingerprint density at radius 1 is 1.40 bits per heavy atom. The maximum absolute atomic E-state index is 12.5. The highest BCUT2D eigenvalue weighted by atomic mass is 19.4. The van der Waals surface area contributed by atoms with Crippen LogP contribution < -0.4 is 4.74 Å². The fourth-order valence-electron chi connectivity index (χ4n) is 1.47. The lowest BCUT2D eigenvalue weighted by Gasteiger charge is -2.10. The van der Waals surface area contributed by atoms with Crippen LogP contribution in [0.15, 0.2) is 36.9 Å². The molecule has 0 saturated carbocycles. The van der Waals surface area contributed by atoms with E-state index in [1.807, 2.05) is 0 Å². The quantitative estimate of drug-likeness (QED) is 0.640. The van der Waals surface area contributed by atoms with Gasteiger partial charge in [0.2, 0.25) is 0 Å². The van der Waals surface area contributed by atoms with Crippen molar-refractivity contribution in [3.63, 3.8) is 0 Å². The van der Waals surface area contributed by atoms with Crippen LogP contribution in [0.25, 0.3) is 0 Å². The molecule has 1 aromatic carbocycles. The van der Waals surface area contributed by atoms with Crippen LogP contribution in [0.4, 0.5) is 18.9 Å². The fraction of sp³-hybridized carbons (Fsp3) is 0.182. The number of benzene rings is 1. The van der Waals surface area contributed by atoms with Gasteiger partial charge in [-0.05, 0) is 12.1 Å². The largest absolute Gasteiger partial charge is 0.466 e. The number of hydrogen-bond acceptors (Lipinski definition) is 4. The number of rotatable bonds is 4. The number of halogens is 3. The summed E-state index contributed by atoms with van der Waals surface area (Å²) in [6.07, 6.45) is -0.204. The molecule has 2 aromatic rings. The summed E-state index contributed by atoms with van der Waals surface area (Å²) in [5.74, 6) is -0.239. The van der Waals surface area contributed by atoms with Crippen molar-refractivity contribution in [3.8, 4) is 5.75 Å². The third-order valence-electron chi connectivity index (χ3n) is 2.41. The standard InChI is InChI=1S/C11H8F3N3O3/c12-11(13,14)8-1-2-10(9(5-8)17(18)19)20-7-16-4-3-15-6-16/h1-6H,7H2. The molecule has 0 fully saturated rings. The lowest BCUT2D eigenvalue weighted by molar-refractivity contribution is -0.386. The average Bonchev–Trinajstić information content (AvgIpc) is 2.88. The first-order chi connectivity index (χ1) is 9.38. The number of ether oxygens (including phenoxy) is 1. The Kier molecular flexibility index (Phi) is 3.59. The molecule has 0 aliphatic carbocycles. The Labute approximate surface area is 110 Å². The van der Waals surface area contributed by atoms with E-state index in [1.165, 1.54) is 17.1 Å². The van der Waals surface area contributed by atoms with E-state index in [4.69, 9.17) is 4.74 Å². The summed E-state index contributed by atoms with van der Waals surface area (Å²) < 4.78 is 44.1. The van der Waals surface area contributed by atoms with Crippen molar-refractivity contribution in [3.05, 3.63) is 52.6 Å². The Morgan fingerprint density at radius 2 is 2.15 bits per heavy atom. The molecule has 1 aromatic heterocycles. The SMILES string of the molecule is O=[N+]([O-])c1cc(C(F)(F)F)ccc1OCn1ccnc1. The summed E-state index contributed by atoms with van der Waals surface area (Å²) in [6.45, 7) is -0.0911. The maximum atomic E-state index is 12.5. The molecule has 0 unspecified atom stereocenters. The highest BCUT2D eigenvalue weighted by Gasteiger charge is 2.33. The van der Waals surface area contributed by atoms with Crippen LogP contribution in [0.5, 0.6) is 5.75 Å². The number of alkyl halides is 3. The van der Waals surface area contributed by atoms with Gasteiger partial charge in [0.25, 0.3) is 0 Å². The maximum Gasteiger partial charge on any atom is 0.416 e. The second-order valence-corrected chi connectivity index (χ2v) is 3.79. The van der Waals surface area contributed by atoms with Crippen LogP contribution in [0.1, 0.15) is 5.56 Å². The first-order valence-electron chi connectivity index (χ1n) is 5.32. The van der Waals surface area contributed by atoms with Gasteiger partial charge in [-0.15, -0.1) is 0 Å². The van der Waals surface area contributed by atoms with E-state index >= 15 is 0 Å². The van der Waals surface area contributed by atoms with Gasteiger partial charge in [0.15, 0.2) is 12.5 Å². The Morgan fingerprint density at radius 3 is 2.70 bits per heavy atom. The molecule has 20 heavy (non-hydrogen) atoms. The van der Waals surface area contributed by atoms with Crippen LogP contribution >= 0.6 is 0 Å². The zero-order valence-corrected chi connectivity index (χ0v) is 9.87. The highest BCUT2D eigenvalue weighted by molar-refractivity contribution is 5.49. The Hall–Kier alpha value is -2.58. The van der Waals surface area contributed by atoms with Crippen LogP contribution in [0.2, 0.25) is 0 Å². The number of nitrogens with zero attached hydrogens (tertiary/aromatic N) is 3. The molecule has 6 nitrogen and oxygen atoms in total. The number of hydrogen-bond donors (Lipinski definition) is 0. The van der Waals surface area contributed by atoms with Crippen molar-refractivity contribution in [2.45, 2.75) is 12.9 Å². The molecule has 9 heteroatoms. The minimum Gasteiger partial charge on any atom is -0.466 e. The first-order valence-corrected chi connectivity index (χ1v) is 5.32. The molecule has 0 saturated heterocycles. The predicted octanol–water partition coefficient (Wildman–Crippen LogP) is 2.85. The number of imidazole rings is 1. The summed E-state index contributed by atoms with van der Waals surface area (Å²) in [6, 6.07) is 2.11. The third kappa shape index (κ3) is 3.05. The van der Waals surface area contributed by atoms with Crippen molar-refractivity contribution in [1.82, 2.24) is 9.55 Å². The molecule has 0 aliphatic rings. The summed E-state index contributed by atoms with van der Waals surface area (Å²) in [5.41, 5.74) is -1.83. The molecule has 1 heterocycles. The summed E-state index contributed by atoms with van der Waals surface area (Å²) >= 11 is 0. The van der Waals surface area contributed by atoms with Gasteiger partial charge in [0.1, 0.15) is 0 Å². The lowest BCUT2D eigenvalue weighted by atomic mass is 10.2. The van der Waals surface area contributed by atoms with E-state index in [-0.39, 0.29) is 12.5 Å². The van der Waals surface area contributed by atoms with E-state index in [2.05, 4.69) is 4.98 Å². The normalized spacial score (nSPS) is 11.3. The van der Waals surface area contributed by atoms with E-state index in [9.17, 15) is 23.3 Å². The molecule has 0 spiro atoms. The van der Waals surface area contributed by atoms with E-state index < -0.39 is 22.4 Å². The average molecular weight is 287 g/mol. The second kappa shape index (κ2) is 5.19. The molecular weight excluding hydrogens is 279 g/mol. The molecular formula is C11H8F3N3O3. The van der Waals surface area contributed by atoms with Crippen LogP contribution in [0.3, 0.4) is 0 Å². The number of nitro benzene ring substituents is 1. The van der Waals surface area contributed by atoms with Crippen LogP contribution in [-0.2, 0) is 12.9 Å². The molecule has 106 valence electrons. The van der Waals surface area contributed by atoms with Gasteiger partial charge < -0.3 is 9.30 Å². The molecule has 0 bridgehead atoms. The van der Waals surface area contributed by atoms with Gasteiger partial charge >= 0.3 is 11.9 Å². The second-order valence-electron chi connectivity index (χ2n) is 3.79. The topological polar surface area (TPSA) is 70.2 Å². The van der Waals surface area contributed by atoms with Crippen molar-refractivity contribution in [1.29, 1.82) is 0 Å². The van der Waals surface area contributed by atoms with Gasteiger partial charge in [-0.25, -0.2) is 4.98 Å². The van der Waals surface area contributed by atoms with Crippen LogP contribution in [-0.4, -0.2) is 14.5 Å². The summed E-state index contributed by atoms with van der Waals surface area (Å²) in [4.78, 5) is 13.6. The summed E-state index contributed by atoms with van der Waals surface area (Å²) in [5, 5.41) is 10.8. The predicted molar refractivity (Wildman–Crippen MR) is 61.0 cm³/mol. The lowest BCUT2D eigenvalue weighted by Crippen LogP contribution is -2.08. The minimum atomic E-state index is -4.65. The first kappa shape index (κ1) is 13.8. The number of nitro groups is 1. The van der Waals surface area contributed by atoms with Crippen molar-refractivity contribution >= 4 is 5.69 Å². The molecule has 0 aliphatic heterocycles. The monoisotopic (exact) mass is 287 g/mol. The van der Waals surface area contributed by atoms with E-state index in [0.717, 1.165) is 12.1 Å². The van der Waals surface area contributed by atoms with Gasteiger partial charge in [-0.3, -0.25) is 10.1 Å². The minimum absolute atomic E-state index is 0.0911. The third-order valence-corrected chi connectivity index (χ3v) is 2.41. The van der Waals surface area contributed by atoms with Crippen molar-refractivity contribution < 1.29 is 22.8 Å². The molecule has 0 radical (unpaired) electrons. The van der Waals surface area contributed by atoms with E-state index in [0.29, 0.717) is 6.07 Å². The van der Waals surface area contributed by atoms with Crippen molar-refractivity contribution in [2.75, 3.05) is 0 Å². The molecule has 0 N–H and O–H groups in total. The zero-order valence-electron chi connectivity index (χ0n) is 9.87.